The van der Waals surface area contributed by atoms with Gasteiger partial charge in [-0.1, -0.05) is 11.6 Å². The van der Waals surface area contributed by atoms with Crippen LogP contribution in [0.4, 0.5) is 5.82 Å². The van der Waals surface area contributed by atoms with Crippen LogP contribution in [0.25, 0.3) is 0 Å². The lowest BCUT2D eigenvalue weighted by atomic mass is 10.3. The van der Waals surface area contributed by atoms with Gasteiger partial charge in [0, 0.05) is 26.4 Å². The van der Waals surface area contributed by atoms with Gasteiger partial charge in [0.2, 0.25) is 0 Å². The van der Waals surface area contributed by atoms with Crippen LogP contribution in [0.15, 0.2) is 12.3 Å². The highest BCUT2D eigenvalue weighted by molar-refractivity contribution is 6.33. The molecule has 5 heteroatoms. The highest BCUT2D eigenvalue weighted by Gasteiger charge is 2.12. The first kappa shape index (κ1) is 10.8. The zero-order valence-corrected chi connectivity index (χ0v) is 9.00. The Morgan fingerprint density at radius 2 is 2.21 bits per heavy atom. The fourth-order valence-electron chi connectivity index (χ4n) is 0.925. The van der Waals surface area contributed by atoms with Gasteiger partial charge in [-0.25, -0.2) is 9.78 Å². The highest BCUT2D eigenvalue weighted by atomic mass is 35.5. The number of esters is 1. The van der Waals surface area contributed by atoms with E-state index in [0.717, 1.165) is 0 Å². The van der Waals surface area contributed by atoms with Crippen molar-refractivity contribution in [2.24, 2.45) is 0 Å². The number of rotatable bonds is 2. The third-order valence-corrected chi connectivity index (χ3v) is 2.02. The number of halogens is 1. The lowest BCUT2D eigenvalue weighted by molar-refractivity contribution is 0.0600. The van der Waals surface area contributed by atoms with Crippen LogP contribution in [0.3, 0.4) is 0 Å². The topological polar surface area (TPSA) is 42.4 Å². The number of aromatic nitrogens is 1. The first-order chi connectivity index (χ1) is 6.56. The maximum Gasteiger partial charge on any atom is 0.340 e. The van der Waals surface area contributed by atoms with Gasteiger partial charge in [0.1, 0.15) is 5.82 Å². The molecule has 0 atom stereocenters. The first-order valence-corrected chi connectivity index (χ1v) is 4.35. The first-order valence-electron chi connectivity index (χ1n) is 3.97. The third kappa shape index (κ3) is 2.14. The second-order valence-corrected chi connectivity index (χ2v) is 3.32. The average Bonchev–Trinajstić information content (AvgIpc) is 2.16. The maximum absolute atomic E-state index is 11.2. The van der Waals surface area contributed by atoms with E-state index >= 15 is 0 Å². The van der Waals surface area contributed by atoms with Gasteiger partial charge in [-0.2, -0.15) is 0 Å². The van der Waals surface area contributed by atoms with Crippen LogP contribution in [0.2, 0.25) is 5.02 Å². The Hall–Kier alpha value is -1.29. The summed E-state index contributed by atoms with van der Waals surface area (Å²) in [5.74, 6) is 0.218. The molecule has 0 saturated carbocycles. The van der Waals surface area contributed by atoms with Crippen LogP contribution in [0.1, 0.15) is 10.4 Å². The van der Waals surface area contributed by atoms with Crippen molar-refractivity contribution < 1.29 is 9.53 Å². The van der Waals surface area contributed by atoms with E-state index in [9.17, 15) is 4.79 Å². The molecule has 0 fully saturated rings. The van der Waals surface area contributed by atoms with Crippen LogP contribution >= 0.6 is 11.6 Å². The van der Waals surface area contributed by atoms with Crippen LogP contribution in [0, 0.1) is 0 Å². The Kier molecular flexibility index (Phi) is 3.30. The van der Waals surface area contributed by atoms with E-state index < -0.39 is 5.97 Å². The normalized spacial score (nSPS) is 9.71. The number of hydrogen-bond donors (Lipinski definition) is 0. The Bertz CT molecular complexity index is 353. The summed E-state index contributed by atoms with van der Waals surface area (Å²) in [7, 11) is 4.99. The molecule has 0 bridgehead atoms. The quantitative estimate of drug-likeness (QED) is 0.702. The van der Waals surface area contributed by atoms with Crippen molar-refractivity contribution in [3.8, 4) is 0 Å². The van der Waals surface area contributed by atoms with Crippen molar-refractivity contribution in [2.75, 3.05) is 26.1 Å². The number of pyridine rings is 1. The van der Waals surface area contributed by atoms with Crippen LogP contribution < -0.4 is 4.90 Å². The molecule has 4 nitrogen and oxygen atoms in total. The minimum absolute atomic E-state index is 0.278. The number of nitrogens with zero attached hydrogens (tertiary/aromatic N) is 2. The molecule has 1 heterocycles. The summed E-state index contributed by atoms with van der Waals surface area (Å²) < 4.78 is 4.54. The van der Waals surface area contributed by atoms with Crippen LogP contribution in [-0.4, -0.2) is 32.2 Å². The molecular formula is C9H11ClN2O2. The average molecular weight is 215 g/mol. The van der Waals surface area contributed by atoms with Gasteiger partial charge >= 0.3 is 5.97 Å². The van der Waals surface area contributed by atoms with Crippen molar-refractivity contribution in [2.45, 2.75) is 0 Å². The number of hydrogen-bond acceptors (Lipinski definition) is 4. The van der Waals surface area contributed by atoms with Crippen molar-refractivity contribution in [1.82, 2.24) is 4.98 Å². The van der Waals surface area contributed by atoms with Crippen LogP contribution in [-0.2, 0) is 4.74 Å². The molecule has 76 valence electrons. The molecule has 0 radical (unpaired) electrons. The molecule has 1 aromatic heterocycles. The summed E-state index contributed by atoms with van der Waals surface area (Å²) in [6.45, 7) is 0. The zero-order valence-electron chi connectivity index (χ0n) is 8.24. The molecular weight excluding hydrogens is 204 g/mol. The van der Waals surface area contributed by atoms with Crippen molar-refractivity contribution in [3.63, 3.8) is 0 Å². The molecule has 1 aromatic rings. The molecule has 14 heavy (non-hydrogen) atoms. The SMILES string of the molecule is COC(=O)c1cnc(N(C)C)cc1Cl. The van der Waals surface area contributed by atoms with Crippen molar-refractivity contribution in [1.29, 1.82) is 0 Å². The monoisotopic (exact) mass is 214 g/mol. The molecule has 0 saturated heterocycles. The summed E-state index contributed by atoms with van der Waals surface area (Å²) in [5, 5.41) is 0.343. The highest BCUT2D eigenvalue weighted by Crippen LogP contribution is 2.20. The number of anilines is 1. The Morgan fingerprint density at radius 1 is 1.57 bits per heavy atom. The molecule has 0 aliphatic carbocycles. The molecule has 0 amide bonds. The van der Waals surface area contributed by atoms with E-state index in [1.807, 2.05) is 14.1 Å². The summed E-state index contributed by atoms with van der Waals surface area (Å²) in [6, 6.07) is 1.62. The second-order valence-electron chi connectivity index (χ2n) is 2.91. The molecule has 0 aliphatic heterocycles. The Labute approximate surface area is 87.4 Å². The molecule has 0 N–H and O–H groups in total. The van der Waals surface area contributed by atoms with E-state index in [1.54, 1.807) is 11.0 Å². The van der Waals surface area contributed by atoms with Crippen LogP contribution in [0.5, 0.6) is 0 Å². The maximum atomic E-state index is 11.2. The minimum atomic E-state index is -0.479. The van der Waals surface area contributed by atoms with Crippen molar-refractivity contribution in [3.05, 3.63) is 22.8 Å². The number of ether oxygens (including phenoxy) is 1. The predicted molar refractivity (Wildman–Crippen MR) is 54.9 cm³/mol. The standard InChI is InChI=1S/C9H11ClN2O2/c1-12(2)8-4-7(10)6(5-11-8)9(13)14-3/h4-5H,1-3H3. The predicted octanol–water partition coefficient (Wildman–Crippen LogP) is 1.59. The van der Waals surface area contributed by atoms with Gasteiger partial charge in [-0.3, -0.25) is 0 Å². The molecule has 0 unspecified atom stereocenters. The molecule has 0 spiro atoms. The fourth-order valence-corrected chi connectivity index (χ4v) is 1.15. The summed E-state index contributed by atoms with van der Waals surface area (Å²) in [5.41, 5.74) is 0.278. The Morgan fingerprint density at radius 3 is 2.64 bits per heavy atom. The van der Waals surface area contributed by atoms with E-state index in [2.05, 4.69) is 9.72 Å². The van der Waals surface area contributed by atoms with E-state index in [-0.39, 0.29) is 5.56 Å². The van der Waals surface area contributed by atoms with E-state index in [1.165, 1.54) is 13.3 Å². The van der Waals surface area contributed by atoms with Gasteiger partial charge in [-0.05, 0) is 0 Å². The smallest absolute Gasteiger partial charge is 0.340 e. The van der Waals surface area contributed by atoms with Gasteiger partial charge in [-0.15, -0.1) is 0 Å². The van der Waals surface area contributed by atoms with Gasteiger partial charge in [0.25, 0.3) is 0 Å². The molecule has 0 aliphatic rings. The number of carbonyl (C=O) groups is 1. The second kappa shape index (κ2) is 4.28. The van der Waals surface area contributed by atoms with Gasteiger partial charge in [0.15, 0.2) is 0 Å². The minimum Gasteiger partial charge on any atom is -0.465 e. The van der Waals surface area contributed by atoms with Crippen molar-refractivity contribution >= 4 is 23.4 Å². The lowest BCUT2D eigenvalue weighted by Crippen LogP contribution is -2.12. The number of carbonyl (C=O) groups excluding carboxylic acids is 1. The molecule has 1 rings (SSSR count). The fraction of sp³-hybridized carbons (Fsp3) is 0.333. The third-order valence-electron chi connectivity index (χ3n) is 1.70. The number of methoxy groups -OCH3 is 1. The lowest BCUT2D eigenvalue weighted by Gasteiger charge is -2.11. The Balaban J connectivity index is 3.07. The molecule has 0 aromatic carbocycles. The summed E-state index contributed by atoms with van der Waals surface area (Å²) in [6.07, 6.45) is 1.41. The van der Waals surface area contributed by atoms with Gasteiger partial charge in [0.05, 0.1) is 17.7 Å². The zero-order chi connectivity index (χ0) is 10.7. The van der Waals surface area contributed by atoms with E-state index in [4.69, 9.17) is 11.6 Å². The largest absolute Gasteiger partial charge is 0.465 e. The summed E-state index contributed by atoms with van der Waals surface area (Å²) >= 11 is 5.88. The van der Waals surface area contributed by atoms with Gasteiger partial charge < -0.3 is 9.64 Å². The summed E-state index contributed by atoms with van der Waals surface area (Å²) in [4.78, 5) is 17.0. The van der Waals surface area contributed by atoms with E-state index in [0.29, 0.717) is 10.8 Å².